The molecule has 1 rings (SSSR count). The first kappa shape index (κ1) is 13.8. The number of carbonyl (C=O) groups is 1. The molecule has 3 nitrogen and oxygen atoms in total. The molecule has 16 heavy (non-hydrogen) atoms. The van der Waals surface area contributed by atoms with E-state index >= 15 is 0 Å². The Morgan fingerprint density at radius 2 is 2.38 bits per heavy atom. The van der Waals surface area contributed by atoms with Crippen molar-refractivity contribution in [1.82, 2.24) is 5.32 Å². The van der Waals surface area contributed by atoms with Gasteiger partial charge in [-0.05, 0) is 31.4 Å². The summed E-state index contributed by atoms with van der Waals surface area (Å²) in [6.45, 7) is 6.21. The minimum Gasteiger partial charge on any atom is -0.388 e. The fraction of sp³-hybridized carbons (Fsp3) is 0.917. The highest BCUT2D eigenvalue weighted by Crippen LogP contribution is 2.26. The van der Waals surface area contributed by atoms with Gasteiger partial charge in [-0.1, -0.05) is 20.3 Å². The van der Waals surface area contributed by atoms with Crippen LogP contribution >= 0.6 is 11.8 Å². The summed E-state index contributed by atoms with van der Waals surface area (Å²) in [5, 5.41) is 13.1. The van der Waals surface area contributed by atoms with Crippen molar-refractivity contribution in [2.75, 3.05) is 12.3 Å². The Morgan fingerprint density at radius 3 is 2.88 bits per heavy atom. The maximum Gasteiger partial charge on any atom is 0.233 e. The number of hydrogen-bond acceptors (Lipinski definition) is 3. The second-order valence-electron chi connectivity index (χ2n) is 4.89. The van der Waals surface area contributed by atoms with Gasteiger partial charge in [-0.2, -0.15) is 0 Å². The molecule has 1 fully saturated rings. The number of rotatable bonds is 5. The Morgan fingerprint density at radius 1 is 1.69 bits per heavy atom. The first-order valence-electron chi connectivity index (χ1n) is 6.09. The average Bonchev–Trinajstić information content (AvgIpc) is 2.78. The van der Waals surface area contributed by atoms with Gasteiger partial charge < -0.3 is 10.4 Å². The molecule has 4 heteroatoms. The first-order valence-corrected chi connectivity index (χ1v) is 7.14. The molecule has 94 valence electrons. The standard InChI is InChI=1S/C12H23NO2S/c1-4-9(2)12(3,15)8-13-11(14)10-6-5-7-16-10/h9-10,15H,4-8H2,1-3H3,(H,13,14). The molecule has 3 unspecified atom stereocenters. The lowest BCUT2D eigenvalue weighted by molar-refractivity contribution is -0.122. The van der Waals surface area contributed by atoms with Crippen LogP contribution in [0.3, 0.4) is 0 Å². The third-order valence-electron chi connectivity index (χ3n) is 3.52. The van der Waals surface area contributed by atoms with Crippen LogP contribution in [0.1, 0.15) is 40.0 Å². The highest BCUT2D eigenvalue weighted by molar-refractivity contribution is 8.00. The van der Waals surface area contributed by atoms with Crippen molar-refractivity contribution in [2.24, 2.45) is 5.92 Å². The zero-order chi connectivity index (χ0) is 12.2. The van der Waals surface area contributed by atoms with Crippen LogP contribution in [0.25, 0.3) is 0 Å². The van der Waals surface area contributed by atoms with E-state index in [0.717, 1.165) is 25.0 Å². The van der Waals surface area contributed by atoms with Gasteiger partial charge in [0.15, 0.2) is 0 Å². The molecule has 0 bridgehead atoms. The number of nitrogens with one attached hydrogen (secondary N) is 1. The van der Waals surface area contributed by atoms with Crippen LogP contribution in [0, 0.1) is 5.92 Å². The van der Waals surface area contributed by atoms with Crippen LogP contribution in [0.15, 0.2) is 0 Å². The molecule has 1 amide bonds. The molecule has 1 aliphatic heterocycles. The van der Waals surface area contributed by atoms with Crippen molar-refractivity contribution in [3.8, 4) is 0 Å². The zero-order valence-electron chi connectivity index (χ0n) is 10.5. The maximum absolute atomic E-state index is 11.8. The van der Waals surface area contributed by atoms with Crippen LogP contribution in [-0.4, -0.2) is 34.2 Å². The van der Waals surface area contributed by atoms with Crippen molar-refractivity contribution in [2.45, 2.75) is 50.9 Å². The lowest BCUT2D eigenvalue weighted by Crippen LogP contribution is -2.46. The molecular formula is C12H23NO2S. The molecule has 1 aliphatic rings. The zero-order valence-corrected chi connectivity index (χ0v) is 11.3. The van der Waals surface area contributed by atoms with Gasteiger partial charge in [0, 0.05) is 6.54 Å². The van der Waals surface area contributed by atoms with Crippen molar-refractivity contribution in [1.29, 1.82) is 0 Å². The van der Waals surface area contributed by atoms with Crippen molar-refractivity contribution >= 4 is 17.7 Å². The normalized spacial score (nSPS) is 26.1. The predicted octanol–water partition coefficient (Wildman–Crippen LogP) is 1.80. The Kier molecular flexibility index (Phi) is 5.12. The van der Waals surface area contributed by atoms with Crippen LogP contribution in [0.4, 0.5) is 0 Å². The number of carbonyl (C=O) groups excluding carboxylic acids is 1. The molecule has 0 aromatic carbocycles. The SMILES string of the molecule is CCC(C)C(C)(O)CNC(=O)C1CCCS1. The van der Waals surface area contributed by atoms with Crippen LogP contribution in [0.5, 0.6) is 0 Å². The molecule has 0 spiro atoms. The molecule has 0 aromatic heterocycles. The van der Waals surface area contributed by atoms with Gasteiger partial charge >= 0.3 is 0 Å². The molecular weight excluding hydrogens is 222 g/mol. The highest BCUT2D eigenvalue weighted by Gasteiger charge is 2.29. The van der Waals surface area contributed by atoms with Gasteiger partial charge in [-0.25, -0.2) is 0 Å². The summed E-state index contributed by atoms with van der Waals surface area (Å²) < 4.78 is 0. The lowest BCUT2D eigenvalue weighted by atomic mass is 9.88. The van der Waals surface area contributed by atoms with Crippen LogP contribution in [-0.2, 0) is 4.79 Å². The quantitative estimate of drug-likeness (QED) is 0.776. The fourth-order valence-corrected chi connectivity index (χ4v) is 2.96. The van der Waals surface area contributed by atoms with E-state index < -0.39 is 5.60 Å². The number of hydrogen-bond donors (Lipinski definition) is 2. The van der Waals surface area contributed by atoms with Gasteiger partial charge in [0.1, 0.15) is 0 Å². The Labute approximate surface area is 102 Å². The van der Waals surface area contributed by atoms with E-state index in [-0.39, 0.29) is 17.1 Å². The van der Waals surface area contributed by atoms with E-state index in [4.69, 9.17) is 0 Å². The summed E-state index contributed by atoms with van der Waals surface area (Å²) in [7, 11) is 0. The number of aliphatic hydroxyl groups is 1. The van der Waals surface area contributed by atoms with Gasteiger partial charge in [0.05, 0.1) is 10.9 Å². The topological polar surface area (TPSA) is 49.3 Å². The first-order chi connectivity index (χ1) is 7.47. The van der Waals surface area contributed by atoms with E-state index in [1.807, 2.05) is 13.8 Å². The van der Waals surface area contributed by atoms with Crippen molar-refractivity contribution in [3.05, 3.63) is 0 Å². The molecule has 1 heterocycles. The summed E-state index contributed by atoms with van der Waals surface area (Å²) in [6.07, 6.45) is 3.02. The predicted molar refractivity (Wildman–Crippen MR) is 68.6 cm³/mol. The van der Waals surface area contributed by atoms with Gasteiger partial charge in [-0.15, -0.1) is 11.8 Å². The van der Waals surface area contributed by atoms with Crippen molar-refractivity contribution < 1.29 is 9.90 Å². The monoisotopic (exact) mass is 245 g/mol. The summed E-state index contributed by atoms with van der Waals surface area (Å²) in [5.41, 5.74) is -0.798. The molecule has 0 aromatic rings. The van der Waals surface area contributed by atoms with Gasteiger partial charge in [0.2, 0.25) is 5.91 Å². The molecule has 0 aliphatic carbocycles. The maximum atomic E-state index is 11.8. The summed E-state index contributed by atoms with van der Waals surface area (Å²) in [5.74, 6) is 1.37. The fourth-order valence-electron chi connectivity index (χ4n) is 1.78. The number of amides is 1. The van der Waals surface area contributed by atoms with Gasteiger partial charge in [-0.3, -0.25) is 4.79 Å². The third kappa shape index (κ3) is 3.67. The van der Waals surface area contributed by atoms with Crippen LogP contribution in [0.2, 0.25) is 0 Å². The molecule has 1 saturated heterocycles. The number of thioether (sulfide) groups is 1. The van der Waals surface area contributed by atoms with Gasteiger partial charge in [0.25, 0.3) is 0 Å². The smallest absolute Gasteiger partial charge is 0.233 e. The van der Waals surface area contributed by atoms with E-state index in [0.29, 0.717) is 6.54 Å². The summed E-state index contributed by atoms with van der Waals surface area (Å²) in [6, 6.07) is 0. The molecule has 2 N–H and O–H groups in total. The van der Waals surface area contributed by atoms with E-state index in [1.165, 1.54) is 0 Å². The third-order valence-corrected chi connectivity index (χ3v) is 4.89. The minimum absolute atomic E-state index is 0.0890. The molecule has 0 radical (unpaired) electrons. The lowest BCUT2D eigenvalue weighted by Gasteiger charge is -2.30. The largest absolute Gasteiger partial charge is 0.388 e. The van der Waals surface area contributed by atoms with E-state index in [1.54, 1.807) is 18.7 Å². The minimum atomic E-state index is -0.798. The Balaban J connectivity index is 2.35. The summed E-state index contributed by atoms with van der Waals surface area (Å²) in [4.78, 5) is 11.8. The average molecular weight is 245 g/mol. The molecule has 3 atom stereocenters. The van der Waals surface area contributed by atoms with E-state index in [2.05, 4.69) is 5.32 Å². The van der Waals surface area contributed by atoms with Crippen LogP contribution < -0.4 is 5.32 Å². The Bertz CT molecular complexity index is 237. The Hall–Kier alpha value is -0.220. The molecule has 0 saturated carbocycles. The second-order valence-corrected chi connectivity index (χ2v) is 6.20. The van der Waals surface area contributed by atoms with E-state index in [9.17, 15) is 9.90 Å². The highest BCUT2D eigenvalue weighted by atomic mass is 32.2. The summed E-state index contributed by atoms with van der Waals surface area (Å²) >= 11 is 1.72. The van der Waals surface area contributed by atoms with Crippen molar-refractivity contribution in [3.63, 3.8) is 0 Å². The second kappa shape index (κ2) is 5.92.